The van der Waals surface area contributed by atoms with Gasteiger partial charge in [-0.15, -0.1) is 0 Å². The molecule has 1 heterocycles. The van der Waals surface area contributed by atoms with Gasteiger partial charge in [-0.1, -0.05) is 0 Å². The second-order valence-corrected chi connectivity index (χ2v) is 3.91. The van der Waals surface area contributed by atoms with Gasteiger partial charge in [0.2, 0.25) is 5.91 Å². The van der Waals surface area contributed by atoms with Gasteiger partial charge in [0.15, 0.2) is 0 Å². The first-order chi connectivity index (χ1) is 8.09. The maximum Gasteiger partial charge on any atom is 0.303 e. The molecule has 2 N–H and O–H groups in total. The molecule has 17 heavy (non-hydrogen) atoms. The van der Waals surface area contributed by atoms with Crippen LogP contribution in [-0.2, 0) is 9.59 Å². The number of carbonyl (C=O) groups excluding carboxylic acids is 1. The molecule has 1 aromatic rings. The number of carboxylic acids is 1. The first-order valence-electron chi connectivity index (χ1n) is 5.64. The highest BCUT2D eigenvalue weighted by atomic mass is 16.4. The van der Waals surface area contributed by atoms with E-state index in [1.54, 1.807) is 18.4 Å². The Morgan fingerprint density at radius 3 is 2.71 bits per heavy atom. The van der Waals surface area contributed by atoms with Crippen molar-refractivity contribution in [3.63, 3.8) is 0 Å². The van der Waals surface area contributed by atoms with E-state index in [0.29, 0.717) is 25.0 Å². The zero-order chi connectivity index (χ0) is 12.7. The third-order valence-corrected chi connectivity index (χ3v) is 2.39. The van der Waals surface area contributed by atoms with Crippen LogP contribution in [0.15, 0.2) is 22.8 Å². The average molecular weight is 239 g/mol. The molecule has 94 valence electrons. The minimum Gasteiger partial charge on any atom is -0.481 e. The zero-order valence-electron chi connectivity index (χ0n) is 9.81. The number of carbonyl (C=O) groups is 2. The van der Waals surface area contributed by atoms with Crippen LogP contribution in [-0.4, -0.2) is 17.0 Å². The lowest BCUT2D eigenvalue weighted by atomic mass is 10.1. The van der Waals surface area contributed by atoms with Crippen LogP contribution in [0.25, 0.3) is 0 Å². The number of furan rings is 1. The standard InChI is InChI=1S/C12H17NO4/c1-9(10-5-4-8-17-10)13-11(14)6-2-3-7-12(15)16/h4-5,8-9H,2-3,6-7H2,1H3,(H,13,14)(H,15,16)/t9-/m0/s1. The Labute approximate surface area is 99.8 Å². The van der Waals surface area contributed by atoms with Gasteiger partial charge in [0, 0.05) is 12.8 Å². The Morgan fingerprint density at radius 2 is 2.12 bits per heavy atom. The minimum atomic E-state index is -0.825. The monoisotopic (exact) mass is 239 g/mol. The van der Waals surface area contributed by atoms with Crippen molar-refractivity contribution in [1.82, 2.24) is 5.32 Å². The Kier molecular flexibility index (Phi) is 5.26. The molecule has 0 spiro atoms. The molecule has 5 heteroatoms. The van der Waals surface area contributed by atoms with Crippen molar-refractivity contribution in [2.75, 3.05) is 0 Å². The van der Waals surface area contributed by atoms with Crippen molar-refractivity contribution in [1.29, 1.82) is 0 Å². The van der Waals surface area contributed by atoms with Crippen molar-refractivity contribution in [3.8, 4) is 0 Å². The molecule has 0 saturated heterocycles. The van der Waals surface area contributed by atoms with Crippen LogP contribution < -0.4 is 5.32 Å². The molecule has 0 aliphatic heterocycles. The van der Waals surface area contributed by atoms with E-state index in [2.05, 4.69) is 5.32 Å². The highest BCUT2D eigenvalue weighted by molar-refractivity contribution is 5.76. The van der Waals surface area contributed by atoms with Crippen LogP contribution >= 0.6 is 0 Å². The molecule has 0 saturated carbocycles. The van der Waals surface area contributed by atoms with E-state index in [-0.39, 0.29) is 18.4 Å². The van der Waals surface area contributed by atoms with E-state index in [1.165, 1.54) is 0 Å². The van der Waals surface area contributed by atoms with Crippen molar-refractivity contribution >= 4 is 11.9 Å². The highest BCUT2D eigenvalue weighted by Gasteiger charge is 2.11. The molecule has 1 atom stereocenters. The number of aliphatic carboxylic acids is 1. The fourth-order valence-electron chi connectivity index (χ4n) is 1.48. The quantitative estimate of drug-likeness (QED) is 0.714. The second-order valence-electron chi connectivity index (χ2n) is 3.91. The fraction of sp³-hybridized carbons (Fsp3) is 0.500. The van der Waals surface area contributed by atoms with Gasteiger partial charge in [0.25, 0.3) is 0 Å². The first-order valence-corrected chi connectivity index (χ1v) is 5.64. The van der Waals surface area contributed by atoms with Crippen LogP contribution in [0.4, 0.5) is 0 Å². The summed E-state index contributed by atoms with van der Waals surface area (Å²) in [6, 6.07) is 3.41. The molecule has 0 aliphatic carbocycles. The van der Waals surface area contributed by atoms with Crippen LogP contribution in [0, 0.1) is 0 Å². The molecule has 0 aliphatic rings. The second kappa shape index (κ2) is 6.73. The molecular formula is C12H17NO4. The highest BCUT2D eigenvalue weighted by Crippen LogP contribution is 2.12. The number of carboxylic acid groups (broad SMARTS) is 1. The van der Waals surface area contributed by atoms with Gasteiger partial charge < -0.3 is 14.8 Å². The lowest BCUT2D eigenvalue weighted by Crippen LogP contribution is -2.26. The average Bonchev–Trinajstić information content (AvgIpc) is 2.77. The fourth-order valence-corrected chi connectivity index (χ4v) is 1.48. The lowest BCUT2D eigenvalue weighted by molar-refractivity contribution is -0.137. The van der Waals surface area contributed by atoms with Gasteiger partial charge in [0.1, 0.15) is 5.76 Å². The van der Waals surface area contributed by atoms with E-state index in [0.717, 1.165) is 0 Å². The molecule has 0 unspecified atom stereocenters. The minimum absolute atomic E-state index is 0.0840. The summed E-state index contributed by atoms with van der Waals surface area (Å²) in [6.07, 6.45) is 3.13. The Balaban J connectivity index is 2.19. The summed E-state index contributed by atoms with van der Waals surface area (Å²) in [4.78, 5) is 21.8. The molecule has 1 rings (SSSR count). The summed E-state index contributed by atoms with van der Waals surface area (Å²) in [6.45, 7) is 1.84. The van der Waals surface area contributed by atoms with E-state index in [1.807, 2.05) is 6.92 Å². The number of rotatable bonds is 7. The maximum atomic E-state index is 11.5. The van der Waals surface area contributed by atoms with Gasteiger partial charge in [-0.05, 0) is 31.9 Å². The molecular weight excluding hydrogens is 222 g/mol. The van der Waals surface area contributed by atoms with Gasteiger partial charge in [-0.2, -0.15) is 0 Å². The van der Waals surface area contributed by atoms with Crippen LogP contribution in [0.1, 0.15) is 44.4 Å². The van der Waals surface area contributed by atoms with E-state index in [9.17, 15) is 9.59 Å². The van der Waals surface area contributed by atoms with Gasteiger partial charge in [0.05, 0.1) is 12.3 Å². The van der Waals surface area contributed by atoms with Gasteiger partial charge in [-0.3, -0.25) is 9.59 Å². The molecule has 1 amide bonds. The van der Waals surface area contributed by atoms with Crippen LogP contribution in [0.3, 0.4) is 0 Å². The van der Waals surface area contributed by atoms with Crippen LogP contribution in [0.2, 0.25) is 0 Å². The zero-order valence-corrected chi connectivity index (χ0v) is 9.81. The molecule has 0 aromatic carbocycles. The Bertz CT molecular complexity index is 359. The third-order valence-electron chi connectivity index (χ3n) is 2.39. The summed E-state index contributed by atoms with van der Waals surface area (Å²) >= 11 is 0. The van der Waals surface area contributed by atoms with Crippen LogP contribution in [0.5, 0.6) is 0 Å². The summed E-state index contributed by atoms with van der Waals surface area (Å²) in [5.41, 5.74) is 0. The number of hydrogen-bond donors (Lipinski definition) is 2. The SMILES string of the molecule is C[C@H](NC(=O)CCCCC(=O)O)c1ccco1. The molecule has 0 fully saturated rings. The number of amides is 1. The predicted molar refractivity (Wildman–Crippen MR) is 61.4 cm³/mol. The van der Waals surface area contributed by atoms with Crippen molar-refractivity contribution < 1.29 is 19.1 Å². The topological polar surface area (TPSA) is 79.5 Å². The third kappa shape index (κ3) is 5.19. The maximum absolute atomic E-state index is 11.5. The number of unbranched alkanes of at least 4 members (excludes halogenated alkanes) is 1. The molecule has 0 bridgehead atoms. The first kappa shape index (κ1) is 13.3. The van der Waals surface area contributed by atoms with E-state index >= 15 is 0 Å². The summed E-state index contributed by atoms with van der Waals surface area (Å²) in [7, 11) is 0. The summed E-state index contributed by atoms with van der Waals surface area (Å²) in [5, 5.41) is 11.2. The summed E-state index contributed by atoms with van der Waals surface area (Å²) < 4.78 is 5.16. The molecule has 1 aromatic heterocycles. The Hall–Kier alpha value is -1.78. The van der Waals surface area contributed by atoms with Crippen molar-refractivity contribution in [3.05, 3.63) is 24.2 Å². The van der Waals surface area contributed by atoms with Crippen molar-refractivity contribution in [2.45, 2.75) is 38.6 Å². The molecule has 0 radical (unpaired) electrons. The largest absolute Gasteiger partial charge is 0.481 e. The van der Waals surface area contributed by atoms with Crippen molar-refractivity contribution in [2.24, 2.45) is 0 Å². The van der Waals surface area contributed by atoms with Gasteiger partial charge in [-0.25, -0.2) is 0 Å². The normalized spacial score (nSPS) is 12.1. The summed E-state index contributed by atoms with van der Waals surface area (Å²) in [5.74, 6) is -0.197. The van der Waals surface area contributed by atoms with E-state index in [4.69, 9.17) is 9.52 Å². The van der Waals surface area contributed by atoms with E-state index < -0.39 is 5.97 Å². The Morgan fingerprint density at radius 1 is 1.41 bits per heavy atom. The number of nitrogens with one attached hydrogen (secondary N) is 1. The lowest BCUT2D eigenvalue weighted by Gasteiger charge is -2.10. The predicted octanol–water partition coefficient (Wildman–Crippen LogP) is 2.10. The number of hydrogen-bond acceptors (Lipinski definition) is 3. The molecule has 5 nitrogen and oxygen atoms in total. The smallest absolute Gasteiger partial charge is 0.303 e. The van der Waals surface area contributed by atoms with Gasteiger partial charge >= 0.3 is 5.97 Å².